The van der Waals surface area contributed by atoms with Crippen LogP contribution in [0.2, 0.25) is 0 Å². The highest BCUT2D eigenvalue weighted by Gasteiger charge is 2.28. The van der Waals surface area contributed by atoms with E-state index in [4.69, 9.17) is 0 Å². The summed E-state index contributed by atoms with van der Waals surface area (Å²) in [4.78, 5) is 21.7. The lowest BCUT2D eigenvalue weighted by atomic mass is 10.2. The number of carbonyl (C=O) groups is 1. The summed E-state index contributed by atoms with van der Waals surface area (Å²) in [7, 11) is -2.30. The Morgan fingerprint density at radius 2 is 1.96 bits per heavy atom. The first-order valence-corrected chi connectivity index (χ1v) is 9.03. The van der Waals surface area contributed by atoms with Gasteiger partial charge in [0.1, 0.15) is 5.69 Å². The van der Waals surface area contributed by atoms with Gasteiger partial charge in [0, 0.05) is 26.2 Å². The first-order valence-electron chi connectivity index (χ1n) is 7.59. The van der Waals surface area contributed by atoms with Gasteiger partial charge >= 0.3 is 0 Å². The quantitative estimate of drug-likeness (QED) is 0.577. The molecule has 2 rings (SSSR count). The molecular weight excluding hydrogens is 336 g/mol. The topological polar surface area (TPSA) is 122 Å². The summed E-state index contributed by atoms with van der Waals surface area (Å²) in [5.74, 6) is -0.339. The molecule has 1 fully saturated rings. The van der Waals surface area contributed by atoms with Crippen molar-refractivity contribution in [1.29, 1.82) is 0 Å². The van der Waals surface area contributed by atoms with Gasteiger partial charge in [-0.3, -0.25) is 14.9 Å². The summed E-state index contributed by atoms with van der Waals surface area (Å²) in [6.07, 6.45) is 2.55. The van der Waals surface area contributed by atoms with Crippen LogP contribution in [-0.2, 0) is 14.8 Å². The van der Waals surface area contributed by atoms with E-state index in [2.05, 4.69) is 10.6 Å². The van der Waals surface area contributed by atoms with E-state index in [1.807, 2.05) is 0 Å². The standard InChI is InChI=1S/C14H20N4O5S/c1-15-14(19)10-16-12-6-5-11(9-13(12)18(20)21)24(22,23)17-7-3-2-4-8-17/h5-6,9,16H,2-4,7-8,10H2,1H3,(H,15,19). The maximum atomic E-state index is 12.6. The number of hydrogen-bond donors (Lipinski definition) is 2. The Balaban J connectivity index is 2.30. The molecule has 0 radical (unpaired) electrons. The average Bonchev–Trinajstić information content (AvgIpc) is 2.60. The molecule has 0 bridgehead atoms. The predicted molar refractivity (Wildman–Crippen MR) is 88.3 cm³/mol. The van der Waals surface area contributed by atoms with Crippen molar-refractivity contribution in [2.24, 2.45) is 0 Å². The second-order valence-corrected chi connectivity index (χ2v) is 7.37. The van der Waals surface area contributed by atoms with Gasteiger partial charge in [0.25, 0.3) is 5.69 Å². The molecule has 1 aromatic rings. The minimum absolute atomic E-state index is 0.0983. The van der Waals surface area contributed by atoms with Gasteiger partial charge < -0.3 is 10.6 Å². The third-order valence-electron chi connectivity index (χ3n) is 3.84. The smallest absolute Gasteiger partial charge is 0.293 e. The molecule has 10 heteroatoms. The van der Waals surface area contributed by atoms with E-state index in [0.29, 0.717) is 13.1 Å². The van der Waals surface area contributed by atoms with E-state index in [1.165, 1.54) is 23.5 Å². The van der Waals surface area contributed by atoms with E-state index in [1.54, 1.807) is 0 Å². The van der Waals surface area contributed by atoms with Crippen LogP contribution in [0.3, 0.4) is 0 Å². The number of nitro benzene ring substituents is 1. The van der Waals surface area contributed by atoms with E-state index in [-0.39, 0.29) is 28.7 Å². The van der Waals surface area contributed by atoms with E-state index in [9.17, 15) is 23.3 Å². The molecule has 132 valence electrons. The minimum atomic E-state index is -3.75. The second-order valence-electron chi connectivity index (χ2n) is 5.43. The van der Waals surface area contributed by atoms with Gasteiger partial charge in [-0.25, -0.2) is 8.42 Å². The molecular formula is C14H20N4O5S. The lowest BCUT2D eigenvalue weighted by Gasteiger charge is -2.25. The highest BCUT2D eigenvalue weighted by atomic mass is 32.2. The number of benzene rings is 1. The molecule has 1 saturated heterocycles. The molecule has 1 aliphatic rings. The number of likely N-dealkylation sites (N-methyl/N-ethyl adjacent to an activating group) is 1. The molecule has 0 spiro atoms. The number of carbonyl (C=O) groups excluding carboxylic acids is 1. The Bertz CT molecular complexity index is 729. The van der Waals surface area contributed by atoms with Crippen molar-refractivity contribution in [1.82, 2.24) is 9.62 Å². The summed E-state index contributed by atoms with van der Waals surface area (Å²) in [5, 5.41) is 16.3. The van der Waals surface area contributed by atoms with E-state index >= 15 is 0 Å². The predicted octanol–water partition coefficient (Wildman–Crippen LogP) is 0.927. The van der Waals surface area contributed by atoms with Crippen LogP contribution in [0, 0.1) is 10.1 Å². The van der Waals surface area contributed by atoms with Gasteiger partial charge in [-0.15, -0.1) is 0 Å². The first kappa shape index (κ1) is 18.1. The number of amides is 1. The molecule has 9 nitrogen and oxygen atoms in total. The number of nitro groups is 1. The van der Waals surface area contributed by atoms with Gasteiger partial charge in [-0.2, -0.15) is 4.31 Å². The number of anilines is 1. The average molecular weight is 356 g/mol. The van der Waals surface area contributed by atoms with Crippen LogP contribution in [-0.4, -0.2) is 50.2 Å². The zero-order chi connectivity index (χ0) is 17.7. The highest BCUT2D eigenvalue weighted by molar-refractivity contribution is 7.89. The number of piperidine rings is 1. The zero-order valence-electron chi connectivity index (χ0n) is 13.3. The Labute approximate surface area is 140 Å². The van der Waals surface area contributed by atoms with Crippen LogP contribution < -0.4 is 10.6 Å². The third-order valence-corrected chi connectivity index (χ3v) is 5.73. The van der Waals surface area contributed by atoms with Crippen molar-refractivity contribution in [2.75, 3.05) is 32.0 Å². The maximum absolute atomic E-state index is 12.6. The molecule has 0 aromatic heterocycles. The Morgan fingerprint density at radius 3 is 2.54 bits per heavy atom. The molecule has 0 aliphatic carbocycles. The minimum Gasteiger partial charge on any atom is -0.371 e. The summed E-state index contributed by atoms with van der Waals surface area (Å²) in [6, 6.07) is 3.68. The van der Waals surface area contributed by atoms with Crippen molar-refractivity contribution in [2.45, 2.75) is 24.2 Å². The van der Waals surface area contributed by atoms with E-state index < -0.39 is 14.9 Å². The van der Waals surface area contributed by atoms with Crippen LogP contribution >= 0.6 is 0 Å². The van der Waals surface area contributed by atoms with Crippen LogP contribution in [0.1, 0.15) is 19.3 Å². The first-order chi connectivity index (χ1) is 11.4. The van der Waals surface area contributed by atoms with Gasteiger partial charge in [-0.05, 0) is 25.0 Å². The lowest BCUT2D eigenvalue weighted by molar-refractivity contribution is -0.384. The van der Waals surface area contributed by atoms with Gasteiger partial charge in [-0.1, -0.05) is 6.42 Å². The second kappa shape index (κ2) is 7.58. The largest absolute Gasteiger partial charge is 0.371 e. The SMILES string of the molecule is CNC(=O)CNc1ccc(S(=O)(=O)N2CCCCC2)cc1[N+](=O)[O-]. The van der Waals surface area contributed by atoms with Crippen LogP contribution in [0.4, 0.5) is 11.4 Å². The van der Waals surface area contributed by atoms with Crippen molar-refractivity contribution in [3.8, 4) is 0 Å². The summed E-state index contributed by atoms with van der Waals surface area (Å²) in [6.45, 7) is 0.704. The van der Waals surface area contributed by atoms with Gasteiger partial charge in [0.05, 0.1) is 16.4 Å². The fraction of sp³-hybridized carbons (Fsp3) is 0.500. The van der Waals surface area contributed by atoms with E-state index in [0.717, 1.165) is 25.3 Å². The van der Waals surface area contributed by atoms with Crippen molar-refractivity contribution >= 4 is 27.3 Å². The normalized spacial score (nSPS) is 15.7. The highest BCUT2D eigenvalue weighted by Crippen LogP contribution is 2.29. The Morgan fingerprint density at radius 1 is 1.29 bits per heavy atom. The number of rotatable bonds is 6. The molecule has 0 unspecified atom stereocenters. The molecule has 1 aromatic carbocycles. The lowest BCUT2D eigenvalue weighted by Crippen LogP contribution is -2.35. The zero-order valence-corrected chi connectivity index (χ0v) is 14.1. The fourth-order valence-electron chi connectivity index (χ4n) is 2.49. The monoisotopic (exact) mass is 356 g/mol. The number of nitrogens with zero attached hydrogens (tertiary/aromatic N) is 2. The Hall–Kier alpha value is -2.20. The van der Waals surface area contributed by atoms with Crippen molar-refractivity contribution in [3.05, 3.63) is 28.3 Å². The molecule has 1 heterocycles. The van der Waals surface area contributed by atoms with Crippen molar-refractivity contribution < 1.29 is 18.1 Å². The molecule has 0 saturated carbocycles. The summed E-state index contributed by atoms with van der Waals surface area (Å²) in [5.41, 5.74) is -0.279. The molecule has 0 atom stereocenters. The molecule has 1 aliphatic heterocycles. The van der Waals surface area contributed by atoms with Crippen molar-refractivity contribution in [3.63, 3.8) is 0 Å². The Kier molecular flexibility index (Phi) is 5.73. The molecule has 2 N–H and O–H groups in total. The third kappa shape index (κ3) is 4.01. The van der Waals surface area contributed by atoms with Gasteiger partial charge in [0.2, 0.25) is 15.9 Å². The van der Waals surface area contributed by atoms with Crippen LogP contribution in [0.15, 0.2) is 23.1 Å². The maximum Gasteiger partial charge on any atom is 0.293 e. The molecule has 24 heavy (non-hydrogen) atoms. The number of hydrogen-bond acceptors (Lipinski definition) is 6. The molecule has 1 amide bonds. The number of nitrogens with one attached hydrogen (secondary N) is 2. The van der Waals surface area contributed by atoms with Crippen LogP contribution in [0.5, 0.6) is 0 Å². The number of sulfonamides is 1. The fourth-order valence-corrected chi connectivity index (χ4v) is 4.03. The van der Waals surface area contributed by atoms with Crippen LogP contribution in [0.25, 0.3) is 0 Å². The summed E-state index contributed by atoms with van der Waals surface area (Å²) >= 11 is 0. The van der Waals surface area contributed by atoms with Gasteiger partial charge in [0.15, 0.2) is 0 Å². The summed E-state index contributed by atoms with van der Waals surface area (Å²) < 4.78 is 26.6.